The van der Waals surface area contributed by atoms with Gasteiger partial charge in [-0.25, -0.2) is 14.0 Å². The molecule has 2 saturated heterocycles. The summed E-state index contributed by atoms with van der Waals surface area (Å²) in [5, 5.41) is 1.40. The third-order valence-electron chi connectivity index (χ3n) is 4.74. The predicted octanol–water partition coefficient (Wildman–Crippen LogP) is 3.87. The Kier molecular flexibility index (Phi) is 4.86. The molecule has 0 N–H and O–H groups in total. The minimum Gasteiger partial charge on any atom is -0.372 e. The maximum absolute atomic E-state index is 13.7. The molecule has 4 rings (SSSR count). The van der Waals surface area contributed by atoms with E-state index < -0.39 is 0 Å². The van der Waals surface area contributed by atoms with Gasteiger partial charge < -0.3 is 9.64 Å². The van der Waals surface area contributed by atoms with E-state index in [4.69, 9.17) is 9.57 Å². The van der Waals surface area contributed by atoms with Crippen LogP contribution in [0.1, 0.15) is 30.2 Å². The third-order valence-corrected chi connectivity index (χ3v) is 4.74. The topological polar surface area (TPSA) is 45.1 Å². The van der Waals surface area contributed by atoms with Crippen LogP contribution in [0.25, 0.3) is 0 Å². The Hall–Kier alpha value is -2.44. The second-order valence-electron chi connectivity index (χ2n) is 6.59. The summed E-state index contributed by atoms with van der Waals surface area (Å²) in [5.74, 6) is -0.264. The lowest BCUT2D eigenvalue weighted by molar-refractivity contribution is -0.00566. The molecule has 2 atom stereocenters. The Balaban J connectivity index is 1.31. The van der Waals surface area contributed by atoms with E-state index in [1.54, 1.807) is 23.1 Å². The lowest BCUT2D eigenvalue weighted by atomic mass is 10.1. The summed E-state index contributed by atoms with van der Waals surface area (Å²) in [5.41, 5.74) is 1.50. The number of carbonyl (C=O) groups is 1. The molecule has 6 heteroatoms. The number of hydrogen-bond acceptors (Lipinski definition) is 3. The van der Waals surface area contributed by atoms with Gasteiger partial charge >= 0.3 is 6.03 Å². The first-order valence-corrected chi connectivity index (χ1v) is 8.87. The average molecular weight is 356 g/mol. The summed E-state index contributed by atoms with van der Waals surface area (Å²) in [7, 11) is 0. The minimum absolute atomic E-state index is 0.0950. The Morgan fingerprint density at radius 2 is 1.92 bits per heavy atom. The van der Waals surface area contributed by atoms with Gasteiger partial charge in [0.25, 0.3) is 0 Å². The van der Waals surface area contributed by atoms with Gasteiger partial charge in [-0.2, -0.15) is 5.06 Å². The number of halogens is 1. The maximum Gasteiger partial charge on any atom is 0.347 e. The Labute approximate surface area is 151 Å². The van der Waals surface area contributed by atoms with Crippen LogP contribution >= 0.6 is 0 Å². The van der Waals surface area contributed by atoms with Gasteiger partial charge in [-0.3, -0.25) is 0 Å². The van der Waals surface area contributed by atoms with Crippen molar-refractivity contribution in [1.29, 1.82) is 0 Å². The van der Waals surface area contributed by atoms with E-state index in [1.807, 2.05) is 30.3 Å². The average Bonchev–Trinajstić information content (AvgIpc) is 3.49. The molecule has 0 saturated carbocycles. The molecule has 2 fully saturated rings. The van der Waals surface area contributed by atoms with E-state index in [0.717, 1.165) is 18.4 Å². The fraction of sp³-hybridized carbons (Fsp3) is 0.350. The lowest BCUT2D eigenvalue weighted by Gasteiger charge is -2.32. The number of likely N-dealkylation sites (tertiary alicyclic amines) is 1. The molecule has 0 aliphatic carbocycles. The van der Waals surface area contributed by atoms with Gasteiger partial charge in [0, 0.05) is 24.2 Å². The standard InChI is InChI=1S/C20H21FN2O3/c21-18-11-5-4-9-16(18)14-25-17-10-6-12-22(13-17)20(24)23-19(26-23)15-7-2-1-3-8-15/h1-5,7-9,11,17,19H,6,10,12-14H2. The molecule has 2 aliphatic heterocycles. The molecule has 2 aliphatic rings. The van der Waals surface area contributed by atoms with Gasteiger partial charge in [0.2, 0.25) is 6.23 Å². The Morgan fingerprint density at radius 3 is 2.73 bits per heavy atom. The lowest BCUT2D eigenvalue weighted by Crippen LogP contribution is -2.45. The summed E-state index contributed by atoms with van der Waals surface area (Å²) < 4.78 is 19.5. The zero-order valence-electron chi connectivity index (χ0n) is 14.4. The van der Waals surface area contributed by atoms with E-state index in [0.29, 0.717) is 18.7 Å². The molecule has 2 unspecified atom stereocenters. The zero-order valence-corrected chi connectivity index (χ0v) is 14.4. The highest BCUT2D eigenvalue weighted by atomic mass is 19.1. The predicted molar refractivity (Wildman–Crippen MR) is 93.3 cm³/mol. The first-order valence-electron chi connectivity index (χ1n) is 8.87. The van der Waals surface area contributed by atoms with Gasteiger partial charge in [0.15, 0.2) is 0 Å². The number of hydrogen-bond donors (Lipinski definition) is 0. The van der Waals surface area contributed by atoms with Crippen LogP contribution in [-0.2, 0) is 16.2 Å². The number of rotatable bonds is 4. The molecule has 2 aromatic carbocycles. The number of hydroxylamine groups is 2. The summed E-state index contributed by atoms with van der Waals surface area (Å²) in [6.07, 6.45) is 1.32. The summed E-state index contributed by atoms with van der Waals surface area (Å²) >= 11 is 0. The largest absolute Gasteiger partial charge is 0.372 e. The number of amides is 2. The minimum atomic E-state index is -0.302. The van der Waals surface area contributed by atoms with Crippen LogP contribution in [0.4, 0.5) is 9.18 Å². The van der Waals surface area contributed by atoms with Crippen molar-refractivity contribution in [3.05, 3.63) is 71.5 Å². The quantitative estimate of drug-likeness (QED) is 0.781. The molecular weight excluding hydrogens is 335 g/mol. The van der Waals surface area contributed by atoms with Gasteiger partial charge in [0.1, 0.15) is 5.82 Å². The molecule has 2 aromatic rings. The van der Waals surface area contributed by atoms with Crippen molar-refractivity contribution in [3.8, 4) is 0 Å². The first kappa shape index (κ1) is 17.0. The highest BCUT2D eigenvalue weighted by Crippen LogP contribution is 2.38. The van der Waals surface area contributed by atoms with Crippen LogP contribution in [0.15, 0.2) is 54.6 Å². The van der Waals surface area contributed by atoms with Gasteiger partial charge in [0.05, 0.1) is 12.7 Å². The van der Waals surface area contributed by atoms with E-state index >= 15 is 0 Å². The molecule has 0 aromatic heterocycles. The van der Waals surface area contributed by atoms with Crippen LogP contribution in [0.2, 0.25) is 0 Å². The zero-order chi connectivity index (χ0) is 17.9. The fourth-order valence-corrected chi connectivity index (χ4v) is 3.25. The van der Waals surface area contributed by atoms with Gasteiger partial charge in [-0.15, -0.1) is 0 Å². The molecular formula is C20H21FN2O3. The van der Waals surface area contributed by atoms with E-state index in [2.05, 4.69) is 0 Å². The second kappa shape index (κ2) is 7.43. The summed E-state index contributed by atoms with van der Waals surface area (Å²) in [6.45, 7) is 1.39. The van der Waals surface area contributed by atoms with E-state index in [1.165, 1.54) is 11.1 Å². The SMILES string of the molecule is O=C(N1CCCC(OCc2ccccc2F)C1)N1OC1c1ccccc1. The highest BCUT2D eigenvalue weighted by molar-refractivity contribution is 5.75. The maximum atomic E-state index is 13.7. The highest BCUT2D eigenvalue weighted by Gasteiger charge is 2.45. The van der Waals surface area contributed by atoms with Crippen molar-refractivity contribution in [2.45, 2.75) is 31.8 Å². The molecule has 0 radical (unpaired) electrons. The van der Waals surface area contributed by atoms with E-state index in [-0.39, 0.29) is 30.8 Å². The fourth-order valence-electron chi connectivity index (χ4n) is 3.25. The summed E-state index contributed by atoms with van der Waals surface area (Å²) in [4.78, 5) is 19.8. The number of nitrogens with zero attached hydrogens (tertiary/aromatic N) is 2. The van der Waals surface area contributed by atoms with Crippen molar-refractivity contribution in [2.24, 2.45) is 0 Å². The van der Waals surface area contributed by atoms with Crippen molar-refractivity contribution < 1.29 is 18.8 Å². The van der Waals surface area contributed by atoms with Crippen molar-refractivity contribution >= 4 is 6.03 Å². The van der Waals surface area contributed by atoms with E-state index in [9.17, 15) is 9.18 Å². The number of carbonyl (C=O) groups excluding carboxylic acids is 1. The van der Waals surface area contributed by atoms with Crippen LogP contribution in [0.5, 0.6) is 0 Å². The third kappa shape index (κ3) is 3.71. The molecule has 2 amide bonds. The van der Waals surface area contributed by atoms with Crippen LogP contribution < -0.4 is 0 Å². The van der Waals surface area contributed by atoms with Crippen molar-refractivity contribution in [3.63, 3.8) is 0 Å². The van der Waals surface area contributed by atoms with Gasteiger partial charge in [-0.05, 0) is 18.9 Å². The van der Waals surface area contributed by atoms with Crippen LogP contribution in [-0.4, -0.2) is 35.2 Å². The molecule has 0 spiro atoms. The monoisotopic (exact) mass is 356 g/mol. The smallest absolute Gasteiger partial charge is 0.347 e. The normalized spacial score (nSPS) is 22.3. The van der Waals surface area contributed by atoms with Crippen molar-refractivity contribution in [2.75, 3.05) is 13.1 Å². The Bertz CT molecular complexity index is 771. The summed E-state index contributed by atoms with van der Waals surface area (Å²) in [6, 6.07) is 16.1. The van der Waals surface area contributed by atoms with Crippen molar-refractivity contribution in [1.82, 2.24) is 9.96 Å². The number of piperidine rings is 1. The first-order chi connectivity index (χ1) is 12.7. The number of ether oxygens (including phenoxy) is 1. The molecule has 5 nitrogen and oxygen atoms in total. The Morgan fingerprint density at radius 1 is 1.15 bits per heavy atom. The molecule has 2 heterocycles. The molecule has 26 heavy (non-hydrogen) atoms. The molecule has 0 bridgehead atoms. The second-order valence-corrected chi connectivity index (χ2v) is 6.59. The van der Waals surface area contributed by atoms with Crippen LogP contribution in [0, 0.1) is 5.82 Å². The number of urea groups is 1. The van der Waals surface area contributed by atoms with Gasteiger partial charge in [-0.1, -0.05) is 48.5 Å². The molecule has 136 valence electrons. The van der Waals surface area contributed by atoms with Crippen LogP contribution in [0.3, 0.4) is 0 Å². The number of benzene rings is 2.